The Kier molecular flexibility index (Phi) is 28.1. The average Bonchev–Trinajstić information content (AvgIpc) is 3.22. The lowest BCUT2D eigenvalue weighted by Crippen LogP contribution is -2.61. The van der Waals surface area contributed by atoms with Crippen LogP contribution in [0.3, 0.4) is 0 Å². The van der Waals surface area contributed by atoms with Gasteiger partial charge in [0.2, 0.25) is 47.3 Å². The van der Waals surface area contributed by atoms with Gasteiger partial charge in [-0.3, -0.25) is 48.1 Å². The van der Waals surface area contributed by atoms with Crippen LogP contribution in [-0.2, 0) is 47.9 Å². The molecule has 0 aromatic rings. The van der Waals surface area contributed by atoms with Gasteiger partial charge in [-0.05, 0) is 44.4 Å². The lowest BCUT2D eigenvalue weighted by Gasteiger charge is -2.27. The quantitative estimate of drug-likeness (QED) is 0.0133. The van der Waals surface area contributed by atoms with Crippen molar-refractivity contribution in [1.29, 1.82) is 0 Å². The summed E-state index contributed by atoms with van der Waals surface area (Å²) in [6.07, 6.45) is -1.13. The molecule has 0 saturated carbocycles. The Morgan fingerprint density at radius 1 is 0.523 bits per heavy atom. The number of thiol groups is 2. The summed E-state index contributed by atoms with van der Waals surface area (Å²) in [6.45, 7) is 5.97. The number of rotatable bonds is 31. The number of aliphatic hydroxyl groups is 2. The molecule has 0 fully saturated rings. The number of carbonyl (C=O) groups excluding carboxylic acids is 8. The zero-order valence-electron chi connectivity index (χ0n) is 36.9. The number of carboxylic acid groups (broad SMARTS) is 2. The summed E-state index contributed by atoms with van der Waals surface area (Å²) in [5, 5.41) is 57.2. The first-order valence-electron chi connectivity index (χ1n) is 20.4. The Balaban J connectivity index is 6.36. The molecule has 0 heterocycles. The third-order valence-corrected chi connectivity index (χ3v) is 9.74. The van der Waals surface area contributed by atoms with Crippen LogP contribution in [0.15, 0.2) is 4.99 Å². The molecule has 370 valence electrons. The first-order valence-corrected chi connectivity index (χ1v) is 21.7. The number of carboxylic acids is 2. The van der Waals surface area contributed by atoms with Crippen LogP contribution in [0.5, 0.6) is 0 Å². The van der Waals surface area contributed by atoms with Crippen molar-refractivity contribution in [3.8, 4) is 0 Å². The molecule has 0 aromatic carbocycles. The number of guanidine groups is 1. The highest BCUT2D eigenvalue weighted by molar-refractivity contribution is 7.80. The summed E-state index contributed by atoms with van der Waals surface area (Å²) in [7, 11) is 0. The monoisotopic (exact) mass is 966 g/mol. The van der Waals surface area contributed by atoms with Crippen molar-refractivity contribution in [2.24, 2.45) is 34.0 Å². The largest absolute Gasteiger partial charge is 0.481 e. The summed E-state index contributed by atoms with van der Waals surface area (Å²) in [4.78, 5) is 132. The third kappa shape index (κ3) is 23.3. The van der Waals surface area contributed by atoms with Gasteiger partial charge in [-0.1, -0.05) is 27.7 Å². The fourth-order valence-corrected chi connectivity index (χ4v) is 5.95. The van der Waals surface area contributed by atoms with Crippen LogP contribution in [0.25, 0.3) is 0 Å². The Bertz CT molecular complexity index is 1690. The van der Waals surface area contributed by atoms with E-state index >= 15 is 0 Å². The second kappa shape index (κ2) is 30.6. The minimum Gasteiger partial charge on any atom is -0.481 e. The van der Waals surface area contributed by atoms with Crippen molar-refractivity contribution in [2.45, 2.75) is 121 Å². The van der Waals surface area contributed by atoms with E-state index in [1.165, 1.54) is 6.92 Å². The van der Waals surface area contributed by atoms with E-state index in [9.17, 15) is 68.4 Å². The van der Waals surface area contributed by atoms with Crippen LogP contribution in [-0.4, -0.2) is 171 Å². The predicted octanol–water partition coefficient (Wildman–Crippen LogP) is -6.24. The zero-order valence-corrected chi connectivity index (χ0v) is 38.7. The summed E-state index contributed by atoms with van der Waals surface area (Å²) in [5.41, 5.74) is 16.5. The fraction of sp³-hybridized carbons (Fsp3) is 0.703. The summed E-state index contributed by atoms with van der Waals surface area (Å²) in [6, 6.07) is -13.3. The maximum atomic E-state index is 13.8. The van der Waals surface area contributed by atoms with E-state index in [1.807, 2.05) is 0 Å². The SMILES string of the molecule is CC(C)C[C@H](NC(=O)[C@H](CCCN=C(N)N)NC(=O)[C@H](CO)NC(=O)[C@H](CO)NC(=O)[C@H](CC(C)C)NC(=O)[C@@H](N)CS)C(=O)N[C@@H](CC(=O)O)C(=O)N[C@@H](C)C(=O)N[C@@H](CS)C(=O)O. The van der Waals surface area contributed by atoms with Gasteiger partial charge < -0.3 is 80.2 Å². The van der Waals surface area contributed by atoms with Gasteiger partial charge in [0, 0.05) is 18.1 Å². The maximum Gasteiger partial charge on any atom is 0.327 e. The summed E-state index contributed by atoms with van der Waals surface area (Å²) in [5.74, 6) is -12.0. The van der Waals surface area contributed by atoms with Gasteiger partial charge in [-0.15, -0.1) is 0 Å². The molecule has 18 N–H and O–H groups in total. The number of hydrogen-bond donors (Lipinski definition) is 17. The van der Waals surface area contributed by atoms with Crippen molar-refractivity contribution < 1.29 is 68.4 Å². The fourth-order valence-electron chi connectivity index (χ4n) is 5.54. The topological polar surface area (TPSA) is 438 Å². The standard InChI is InChI=1S/C37H66N12O14S2/c1-16(2)9-21(44-29(55)19(38)14-64)33(59)47-25(13-51)35(61)48-24(12-50)34(60)43-20(7-6-8-41-37(39)40)30(56)45-22(10-17(3)4)32(58)46-23(11-27(52)53)31(57)42-18(5)28(54)49-26(15-65)36(62)63/h16-26,50-51,64-65H,6-15,38H2,1-5H3,(H,42,57)(H,43,60)(H,44,55)(H,45,56)(H,46,58)(H,47,59)(H,48,61)(H,49,54)(H,52,53)(H,62,63)(H4,39,40,41)/t18-,19-,20-,21-,22-,23-,24-,25-,26-/m0/s1. The molecule has 0 aliphatic carbocycles. The second-order valence-corrected chi connectivity index (χ2v) is 16.4. The van der Waals surface area contributed by atoms with E-state index in [0.717, 1.165) is 0 Å². The van der Waals surface area contributed by atoms with Gasteiger partial charge in [0.05, 0.1) is 25.7 Å². The number of aliphatic imine (C=N–C) groups is 1. The molecule has 0 saturated heterocycles. The van der Waals surface area contributed by atoms with Gasteiger partial charge in [-0.25, -0.2) is 4.79 Å². The number of carbonyl (C=O) groups is 10. The van der Waals surface area contributed by atoms with Crippen molar-refractivity contribution in [1.82, 2.24) is 42.5 Å². The van der Waals surface area contributed by atoms with Crippen molar-refractivity contribution in [3.05, 3.63) is 0 Å². The molecular weight excluding hydrogens is 901 g/mol. The van der Waals surface area contributed by atoms with Crippen molar-refractivity contribution in [3.63, 3.8) is 0 Å². The van der Waals surface area contributed by atoms with Crippen LogP contribution in [0.4, 0.5) is 0 Å². The minimum absolute atomic E-state index is 0.0303. The Morgan fingerprint density at radius 2 is 0.908 bits per heavy atom. The molecule has 0 rings (SSSR count). The van der Waals surface area contributed by atoms with Crippen molar-refractivity contribution >= 4 is 90.4 Å². The Morgan fingerprint density at radius 3 is 1.31 bits per heavy atom. The maximum absolute atomic E-state index is 13.8. The van der Waals surface area contributed by atoms with Gasteiger partial charge in [0.25, 0.3) is 0 Å². The zero-order chi connectivity index (χ0) is 50.1. The van der Waals surface area contributed by atoms with Gasteiger partial charge in [0.15, 0.2) is 5.96 Å². The normalized spacial score (nSPS) is 15.2. The Labute approximate surface area is 386 Å². The van der Waals surface area contributed by atoms with Crippen LogP contribution in [0.1, 0.15) is 66.7 Å². The van der Waals surface area contributed by atoms with Crippen LogP contribution in [0, 0.1) is 11.8 Å². The lowest BCUT2D eigenvalue weighted by molar-refractivity contribution is -0.143. The van der Waals surface area contributed by atoms with Crippen LogP contribution < -0.4 is 59.7 Å². The molecule has 65 heavy (non-hydrogen) atoms. The highest BCUT2D eigenvalue weighted by Crippen LogP contribution is 2.10. The molecule has 0 bridgehead atoms. The number of nitrogens with one attached hydrogen (secondary N) is 8. The average molecular weight is 967 g/mol. The first-order chi connectivity index (χ1) is 30.3. The summed E-state index contributed by atoms with van der Waals surface area (Å²) >= 11 is 7.82. The number of aliphatic carboxylic acids is 2. The highest BCUT2D eigenvalue weighted by atomic mass is 32.1. The van der Waals surface area contributed by atoms with Crippen molar-refractivity contribution in [2.75, 3.05) is 31.3 Å². The molecule has 0 radical (unpaired) electrons. The molecule has 26 nitrogen and oxygen atoms in total. The number of nitrogens with two attached hydrogens (primary N) is 3. The molecule has 28 heteroatoms. The number of hydrogen-bond acceptors (Lipinski definition) is 16. The number of nitrogens with zero attached hydrogens (tertiary/aromatic N) is 1. The first kappa shape index (κ1) is 59.5. The second-order valence-electron chi connectivity index (χ2n) is 15.6. The van der Waals surface area contributed by atoms with E-state index in [-0.39, 0.29) is 61.5 Å². The van der Waals surface area contributed by atoms with Crippen LogP contribution in [0.2, 0.25) is 0 Å². The highest BCUT2D eigenvalue weighted by Gasteiger charge is 2.35. The van der Waals surface area contributed by atoms with Gasteiger partial charge in [0.1, 0.15) is 48.3 Å². The molecule has 9 atom stereocenters. The van der Waals surface area contributed by atoms with E-state index in [0.29, 0.717) is 0 Å². The molecular formula is C37H66N12O14S2. The van der Waals surface area contributed by atoms with E-state index < -0.39 is 133 Å². The van der Waals surface area contributed by atoms with Crippen LogP contribution >= 0.6 is 25.3 Å². The molecule has 0 unspecified atom stereocenters. The van der Waals surface area contributed by atoms with Gasteiger partial charge >= 0.3 is 11.9 Å². The third-order valence-electron chi connectivity index (χ3n) is 8.98. The lowest BCUT2D eigenvalue weighted by atomic mass is 10.0. The molecule has 0 spiro atoms. The summed E-state index contributed by atoms with van der Waals surface area (Å²) < 4.78 is 0. The molecule has 8 amide bonds. The number of amides is 8. The predicted molar refractivity (Wildman–Crippen MR) is 240 cm³/mol. The molecule has 0 aliphatic rings. The van der Waals surface area contributed by atoms with E-state index in [4.69, 9.17) is 17.2 Å². The van der Waals surface area contributed by atoms with Gasteiger partial charge in [-0.2, -0.15) is 25.3 Å². The smallest absolute Gasteiger partial charge is 0.327 e. The number of aliphatic hydroxyl groups excluding tert-OH is 2. The van der Waals surface area contributed by atoms with E-state index in [1.54, 1.807) is 27.7 Å². The molecule has 0 aromatic heterocycles. The molecule has 0 aliphatic heterocycles. The minimum atomic E-state index is -1.81. The van der Waals surface area contributed by atoms with E-state index in [2.05, 4.69) is 72.8 Å². The Hall–Kier alpha value is -5.45.